The average Bonchev–Trinajstić information content (AvgIpc) is 2.81. The molecule has 1 saturated heterocycles. The Morgan fingerprint density at radius 3 is 2.79 bits per heavy atom. The van der Waals surface area contributed by atoms with Gasteiger partial charge in [0, 0.05) is 6.54 Å². The van der Waals surface area contributed by atoms with Gasteiger partial charge in [0.15, 0.2) is 18.1 Å². The lowest BCUT2D eigenvalue weighted by Gasteiger charge is -2.12. The summed E-state index contributed by atoms with van der Waals surface area (Å²) in [6, 6.07) is 5.02. The van der Waals surface area contributed by atoms with Gasteiger partial charge in [0.1, 0.15) is 4.32 Å². The van der Waals surface area contributed by atoms with E-state index in [-0.39, 0.29) is 5.91 Å². The highest BCUT2D eigenvalue weighted by Gasteiger charge is 2.31. The summed E-state index contributed by atoms with van der Waals surface area (Å²) >= 11 is 6.50. The topological polar surface area (TPSA) is 76.1 Å². The first-order chi connectivity index (χ1) is 11.5. The normalized spacial score (nSPS) is 15.9. The minimum absolute atomic E-state index is 0.1000. The molecule has 128 valence electrons. The molecule has 1 aromatic rings. The summed E-state index contributed by atoms with van der Waals surface area (Å²) in [6.45, 7) is 2.14. The van der Waals surface area contributed by atoms with E-state index < -0.39 is 12.6 Å². The fourth-order valence-corrected chi connectivity index (χ4v) is 3.41. The molecule has 0 spiro atoms. The molecule has 1 N–H and O–H groups in total. The molecular formula is C16H17NO5S2. The van der Waals surface area contributed by atoms with Crippen LogP contribution in [-0.4, -0.2) is 46.5 Å². The van der Waals surface area contributed by atoms with Gasteiger partial charge >= 0.3 is 5.97 Å². The lowest BCUT2D eigenvalue weighted by Crippen LogP contribution is -2.28. The van der Waals surface area contributed by atoms with Crippen LogP contribution < -0.4 is 9.47 Å². The molecule has 1 aliphatic rings. The molecule has 0 saturated carbocycles. The Hall–Kier alpha value is -2.06. The number of carboxylic acid groups (broad SMARTS) is 1. The average molecular weight is 367 g/mol. The SMILES string of the molecule is CCCN1C(=O)/C(=C/c2ccc(OCC(=O)O)c(OC)c2)SC1=S. The van der Waals surface area contributed by atoms with Gasteiger partial charge in [0.05, 0.1) is 12.0 Å². The van der Waals surface area contributed by atoms with Crippen molar-refractivity contribution in [1.82, 2.24) is 4.90 Å². The number of amides is 1. The van der Waals surface area contributed by atoms with E-state index in [0.29, 0.717) is 27.3 Å². The summed E-state index contributed by atoms with van der Waals surface area (Å²) in [7, 11) is 1.47. The second-order valence-electron chi connectivity index (χ2n) is 4.93. The number of aliphatic carboxylic acids is 1. The number of methoxy groups -OCH3 is 1. The number of ether oxygens (including phenoxy) is 2. The van der Waals surface area contributed by atoms with Crippen LogP contribution in [0.1, 0.15) is 18.9 Å². The maximum absolute atomic E-state index is 12.3. The zero-order valence-electron chi connectivity index (χ0n) is 13.3. The first-order valence-electron chi connectivity index (χ1n) is 7.24. The van der Waals surface area contributed by atoms with E-state index in [1.807, 2.05) is 6.92 Å². The van der Waals surface area contributed by atoms with Gasteiger partial charge in [-0.1, -0.05) is 37.0 Å². The molecular weight excluding hydrogens is 350 g/mol. The third-order valence-electron chi connectivity index (χ3n) is 3.16. The Labute approximate surface area is 149 Å². The minimum atomic E-state index is -1.07. The summed E-state index contributed by atoms with van der Waals surface area (Å²) < 4.78 is 10.9. The predicted octanol–water partition coefficient (Wildman–Crippen LogP) is 2.77. The Morgan fingerprint density at radius 2 is 2.17 bits per heavy atom. The summed E-state index contributed by atoms with van der Waals surface area (Å²) in [5, 5.41) is 8.67. The first-order valence-corrected chi connectivity index (χ1v) is 8.46. The van der Waals surface area contributed by atoms with Gasteiger partial charge < -0.3 is 14.6 Å². The van der Waals surface area contributed by atoms with Crippen molar-refractivity contribution in [3.8, 4) is 11.5 Å². The van der Waals surface area contributed by atoms with Gasteiger partial charge in [0.25, 0.3) is 5.91 Å². The molecule has 24 heavy (non-hydrogen) atoms. The Kier molecular flexibility index (Phi) is 6.22. The van der Waals surface area contributed by atoms with Crippen molar-refractivity contribution in [2.75, 3.05) is 20.3 Å². The van der Waals surface area contributed by atoms with E-state index in [2.05, 4.69) is 0 Å². The molecule has 0 atom stereocenters. The lowest BCUT2D eigenvalue weighted by molar-refractivity contribution is -0.139. The van der Waals surface area contributed by atoms with Crippen LogP contribution in [0.15, 0.2) is 23.1 Å². The van der Waals surface area contributed by atoms with Crippen molar-refractivity contribution in [1.29, 1.82) is 0 Å². The van der Waals surface area contributed by atoms with E-state index in [1.165, 1.54) is 18.9 Å². The summed E-state index contributed by atoms with van der Waals surface area (Å²) in [4.78, 5) is 25.1. The number of rotatable bonds is 7. The predicted molar refractivity (Wildman–Crippen MR) is 96.3 cm³/mol. The molecule has 0 aliphatic carbocycles. The van der Waals surface area contributed by atoms with Crippen LogP contribution in [0.5, 0.6) is 11.5 Å². The van der Waals surface area contributed by atoms with Crippen LogP contribution in [0, 0.1) is 0 Å². The molecule has 0 bridgehead atoms. The highest BCUT2D eigenvalue weighted by Crippen LogP contribution is 2.34. The molecule has 1 fully saturated rings. The van der Waals surface area contributed by atoms with Crippen molar-refractivity contribution >= 4 is 46.3 Å². The van der Waals surface area contributed by atoms with E-state index in [4.69, 9.17) is 26.8 Å². The van der Waals surface area contributed by atoms with Crippen molar-refractivity contribution in [3.05, 3.63) is 28.7 Å². The molecule has 1 aliphatic heterocycles. The Balaban J connectivity index is 2.22. The number of benzene rings is 1. The van der Waals surface area contributed by atoms with Crippen molar-refractivity contribution < 1.29 is 24.2 Å². The molecule has 6 nitrogen and oxygen atoms in total. The van der Waals surface area contributed by atoms with Crippen LogP contribution in [0.2, 0.25) is 0 Å². The summed E-state index contributed by atoms with van der Waals surface area (Å²) in [6.07, 6.45) is 2.57. The smallest absolute Gasteiger partial charge is 0.341 e. The molecule has 8 heteroatoms. The highest BCUT2D eigenvalue weighted by atomic mass is 32.2. The summed E-state index contributed by atoms with van der Waals surface area (Å²) in [5.41, 5.74) is 0.742. The lowest BCUT2D eigenvalue weighted by atomic mass is 10.2. The van der Waals surface area contributed by atoms with Crippen LogP contribution in [0.4, 0.5) is 0 Å². The van der Waals surface area contributed by atoms with Crippen molar-refractivity contribution in [3.63, 3.8) is 0 Å². The minimum Gasteiger partial charge on any atom is -0.493 e. The van der Waals surface area contributed by atoms with E-state index in [0.717, 1.165) is 12.0 Å². The molecule has 0 aromatic heterocycles. The second kappa shape index (κ2) is 8.16. The fourth-order valence-electron chi connectivity index (χ4n) is 2.10. The third-order valence-corrected chi connectivity index (χ3v) is 4.54. The monoisotopic (exact) mass is 367 g/mol. The quantitative estimate of drug-likeness (QED) is 0.586. The zero-order valence-corrected chi connectivity index (χ0v) is 14.9. The maximum Gasteiger partial charge on any atom is 0.341 e. The number of carbonyl (C=O) groups is 2. The number of carboxylic acids is 1. The number of thiocarbonyl (C=S) groups is 1. The van der Waals surface area contributed by atoms with E-state index in [9.17, 15) is 9.59 Å². The van der Waals surface area contributed by atoms with E-state index >= 15 is 0 Å². The molecule has 1 aromatic carbocycles. The van der Waals surface area contributed by atoms with Gasteiger partial charge in [0.2, 0.25) is 0 Å². The molecule has 1 amide bonds. The van der Waals surface area contributed by atoms with Crippen LogP contribution in [0.25, 0.3) is 6.08 Å². The van der Waals surface area contributed by atoms with Crippen molar-refractivity contribution in [2.45, 2.75) is 13.3 Å². The number of hydrogen-bond donors (Lipinski definition) is 1. The van der Waals surface area contributed by atoms with Crippen LogP contribution in [-0.2, 0) is 9.59 Å². The standard InChI is InChI=1S/C16H17NO5S2/c1-3-6-17-15(20)13(24-16(17)23)8-10-4-5-11(12(7-10)21-2)22-9-14(18)19/h4-5,7-8H,3,6,9H2,1-2H3,(H,18,19)/b13-8-. The largest absolute Gasteiger partial charge is 0.493 e. The van der Waals surface area contributed by atoms with Crippen LogP contribution >= 0.6 is 24.0 Å². The van der Waals surface area contributed by atoms with E-state index in [1.54, 1.807) is 29.2 Å². The number of thioether (sulfide) groups is 1. The van der Waals surface area contributed by atoms with Gasteiger partial charge in [-0.3, -0.25) is 9.69 Å². The van der Waals surface area contributed by atoms with Gasteiger partial charge in [-0.05, 0) is 30.2 Å². The van der Waals surface area contributed by atoms with Crippen molar-refractivity contribution in [2.24, 2.45) is 0 Å². The highest BCUT2D eigenvalue weighted by molar-refractivity contribution is 8.26. The molecule has 0 unspecified atom stereocenters. The van der Waals surface area contributed by atoms with Gasteiger partial charge in [-0.15, -0.1) is 0 Å². The van der Waals surface area contributed by atoms with Gasteiger partial charge in [-0.2, -0.15) is 0 Å². The van der Waals surface area contributed by atoms with Crippen LogP contribution in [0.3, 0.4) is 0 Å². The third kappa shape index (κ3) is 4.27. The number of hydrogen-bond acceptors (Lipinski definition) is 6. The second-order valence-corrected chi connectivity index (χ2v) is 6.60. The Bertz CT molecular complexity index is 702. The number of nitrogens with zero attached hydrogens (tertiary/aromatic N) is 1. The summed E-state index contributed by atoms with van der Waals surface area (Å²) in [5.74, 6) is -0.442. The zero-order chi connectivity index (χ0) is 17.7. The van der Waals surface area contributed by atoms with Gasteiger partial charge in [-0.25, -0.2) is 4.79 Å². The molecule has 2 rings (SSSR count). The number of carbonyl (C=O) groups excluding carboxylic acids is 1. The fraction of sp³-hybridized carbons (Fsp3) is 0.312. The molecule has 0 radical (unpaired) electrons. The molecule has 1 heterocycles. The maximum atomic E-state index is 12.3. The Morgan fingerprint density at radius 1 is 1.42 bits per heavy atom. The first kappa shape index (κ1) is 18.3.